The van der Waals surface area contributed by atoms with Gasteiger partial charge in [-0.3, -0.25) is 9.59 Å². The molecule has 26 heavy (non-hydrogen) atoms. The number of nitrogens with one attached hydrogen (secondary N) is 1. The minimum Gasteiger partial charge on any atom is -0.456 e. The molecule has 0 radical (unpaired) electrons. The lowest BCUT2D eigenvalue weighted by atomic mass is 10.1. The van der Waals surface area contributed by atoms with Gasteiger partial charge in [0.15, 0.2) is 17.4 Å². The third kappa shape index (κ3) is 4.32. The van der Waals surface area contributed by atoms with Crippen LogP contribution in [0.3, 0.4) is 0 Å². The summed E-state index contributed by atoms with van der Waals surface area (Å²) in [5.41, 5.74) is 2.07. The first-order valence-electron chi connectivity index (χ1n) is 8.06. The summed E-state index contributed by atoms with van der Waals surface area (Å²) in [5.74, 6) is 0.753. The van der Waals surface area contributed by atoms with Crippen molar-refractivity contribution >= 4 is 23.6 Å². The molecule has 0 aliphatic heterocycles. The van der Waals surface area contributed by atoms with Crippen LogP contribution in [0.2, 0.25) is 0 Å². The van der Waals surface area contributed by atoms with Crippen LogP contribution in [0.1, 0.15) is 34.4 Å². The summed E-state index contributed by atoms with van der Waals surface area (Å²) in [6.07, 6.45) is 4.66. The predicted molar refractivity (Wildman–Crippen MR) is 96.7 cm³/mol. The SMILES string of the molecule is CC(=O)c1ccc(Cn2ncc(NC(=O)/C=C/c3ccccc3C)n2)o1. The molecule has 132 valence electrons. The summed E-state index contributed by atoms with van der Waals surface area (Å²) >= 11 is 0. The number of Topliss-reactive ketones (excluding diaryl/α,β-unsaturated/α-hetero) is 1. The van der Waals surface area contributed by atoms with Crippen molar-refractivity contribution in [3.63, 3.8) is 0 Å². The predicted octanol–water partition coefficient (Wildman–Crippen LogP) is 3.08. The molecule has 0 fully saturated rings. The lowest BCUT2D eigenvalue weighted by molar-refractivity contribution is -0.111. The van der Waals surface area contributed by atoms with E-state index in [0.717, 1.165) is 11.1 Å². The number of amides is 1. The molecule has 0 bridgehead atoms. The van der Waals surface area contributed by atoms with Crippen LogP contribution < -0.4 is 5.32 Å². The highest BCUT2D eigenvalue weighted by Gasteiger charge is 2.09. The van der Waals surface area contributed by atoms with Gasteiger partial charge < -0.3 is 9.73 Å². The van der Waals surface area contributed by atoms with Crippen molar-refractivity contribution in [2.45, 2.75) is 20.4 Å². The Balaban J connectivity index is 1.60. The van der Waals surface area contributed by atoms with Crippen molar-refractivity contribution in [3.8, 4) is 0 Å². The molecule has 2 aromatic heterocycles. The fourth-order valence-corrected chi connectivity index (χ4v) is 2.33. The quantitative estimate of drug-likeness (QED) is 0.545. The van der Waals surface area contributed by atoms with E-state index < -0.39 is 0 Å². The van der Waals surface area contributed by atoms with E-state index in [1.165, 1.54) is 24.0 Å². The van der Waals surface area contributed by atoms with Crippen molar-refractivity contribution in [2.24, 2.45) is 0 Å². The molecule has 1 aromatic carbocycles. The number of carbonyl (C=O) groups excluding carboxylic acids is 2. The fourth-order valence-electron chi connectivity index (χ4n) is 2.33. The van der Waals surface area contributed by atoms with Crippen LogP contribution in [0.15, 0.2) is 53.1 Å². The van der Waals surface area contributed by atoms with E-state index >= 15 is 0 Å². The number of anilines is 1. The van der Waals surface area contributed by atoms with Crippen molar-refractivity contribution in [1.82, 2.24) is 15.0 Å². The van der Waals surface area contributed by atoms with Crippen LogP contribution in [0, 0.1) is 6.92 Å². The molecule has 0 aliphatic carbocycles. The Kier molecular flexibility index (Phi) is 5.07. The van der Waals surface area contributed by atoms with Gasteiger partial charge in [-0.25, -0.2) is 0 Å². The summed E-state index contributed by atoms with van der Waals surface area (Å²) in [6, 6.07) is 11.1. The number of furan rings is 1. The summed E-state index contributed by atoms with van der Waals surface area (Å²) in [7, 11) is 0. The van der Waals surface area contributed by atoms with Gasteiger partial charge in [0.05, 0.1) is 6.20 Å². The molecular formula is C19H18N4O3. The van der Waals surface area contributed by atoms with Crippen molar-refractivity contribution in [1.29, 1.82) is 0 Å². The molecule has 0 unspecified atom stereocenters. The average Bonchev–Trinajstić information content (AvgIpc) is 3.24. The maximum Gasteiger partial charge on any atom is 0.249 e. The van der Waals surface area contributed by atoms with Crippen LogP contribution in [-0.4, -0.2) is 26.7 Å². The normalized spacial score (nSPS) is 11.0. The molecule has 3 rings (SSSR count). The Labute approximate surface area is 150 Å². The number of rotatable bonds is 6. The number of carbonyl (C=O) groups is 2. The summed E-state index contributed by atoms with van der Waals surface area (Å²) in [6.45, 7) is 3.68. The van der Waals surface area contributed by atoms with Gasteiger partial charge in [0.25, 0.3) is 0 Å². The third-order valence-electron chi connectivity index (χ3n) is 3.70. The maximum absolute atomic E-state index is 12.0. The van der Waals surface area contributed by atoms with E-state index in [1.807, 2.05) is 31.2 Å². The molecule has 1 N–H and O–H groups in total. The Morgan fingerprint density at radius 3 is 2.77 bits per heavy atom. The topological polar surface area (TPSA) is 90.0 Å². The van der Waals surface area contributed by atoms with Crippen LogP contribution in [0.25, 0.3) is 6.08 Å². The Morgan fingerprint density at radius 2 is 2.04 bits per heavy atom. The average molecular weight is 350 g/mol. The second-order valence-corrected chi connectivity index (χ2v) is 5.76. The number of ketones is 1. The van der Waals surface area contributed by atoms with Gasteiger partial charge in [-0.15, -0.1) is 5.10 Å². The van der Waals surface area contributed by atoms with Crippen LogP contribution in [0.4, 0.5) is 5.82 Å². The minimum absolute atomic E-state index is 0.141. The van der Waals surface area contributed by atoms with Gasteiger partial charge in [0.1, 0.15) is 12.3 Å². The second-order valence-electron chi connectivity index (χ2n) is 5.76. The summed E-state index contributed by atoms with van der Waals surface area (Å²) < 4.78 is 5.39. The van der Waals surface area contributed by atoms with Crippen LogP contribution in [0.5, 0.6) is 0 Å². The Morgan fingerprint density at radius 1 is 1.23 bits per heavy atom. The zero-order valence-electron chi connectivity index (χ0n) is 14.5. The van der Waals surface area contributed by atoms with Gasteiger partial charge in [-0.1, -0.05) is 24.3 Å². The lowest BCUT2D eigenvalue weighted by Crippen LogP contribution is -2.09. The van der Waals surface area contributed by atoms with Crippen LogP contribution in [-0.2, 0) is 11.3 Å². The summed E-state index contributed by atoms with van der Waals surface area (Å²) in [4.78, 5) is 24.6. The molecule has 0 saturated heterocycles. The highest BCUT2D eigenvalue weighted by Crippen LogP contribution is 2.11. The van der Waals surface area contributed by atoms with Crippen molar-refractivity contribution < 1.29 is 14.0 Å². The summed E-state index contributed by atoms with van der Waals surface area (Å²) in [5, 5.41) is 10.9. The Hall–Kier alpha value is -3.48. The second kappa shape index (κ2) is 7.60. The fraction of sp³-hybridized carbons (Fsp3) is 0.158. The number of hydrogen-bond donors (Lipinski definition) is 1. The molecule has 2 heterocycles. The molecule has 0 spiro atoms. The molecule has 0 aliphatic rings. The van der Waals surface area contributed by atoms with E-state index in [4.69, 9.17) is 4.42 Å². The number of hydrogen-bond acceptors (Lipinski definition) is 5. The first-order valence-corrected chi connectivity index (χ1v) is 8.06. The molecule has 0 saturated carbocycles. The molecule has 0 atom stereocenters. The molecule has 1 amide bonds. The monoisotopic (exact) mass is 350 g/mol. The first kappa shape index (κ1) is 17.3. The highest BCUT2D eigenvalue weighted by atomic mass is 16.3. The standard InChI is InChI=1S/C19H18N4O3/c1-13-5-3-4-6-15(13)7-10-19(25)21-18-11-20-23(22-18)12-16-8-9-17(26-16)14(2)24/h3-11H,12H2,1-2H3,(H,21,22,25)/b10-7+. The third-order valence-corrected chi connectivity index (χ3v) is 3.70. The molecule has 7 nitrogen and oxygen atoms in total. The highest BCUT2D eigenvalue weighted by molar-refractivity contribution is 6.01. The van der Waals surface area contributed by atoms with Crippen molar-refractivity contribution in [3.05, 3.63) is 71.3 Å². The zero-order chi connectivity index (χ0) is 18.5. The number of aryl methyl sites for hydroxylation is 1. The van der Waals surface area contributed by atoms with Gasteiger partial charge in [-0.05, 0) is 36.3 Å². The van der Waals surface area contributed by atoms with Gasteiger partial charge in [-0.2, -0.15) is 9.90 Å². The molecular weight excluding hydrogens is 332 g/mol. The van der Waals surface area contributed by atoms with Gasteiger partial charge >= 0.3 is 0 Å². The molecule has 7 heteroatoms. The first-order chi connectivity index (χ1) is 12.5. The smallest absolute Gasteiger partial charge is 0.249 e. The molecule has 3 aromatic rings. The van der Waals surface area contributed by atoms with Gasteiger partial charge in [0, 0.05) is 13.0 Å². The van der Waals surface area contributed by atoms with E-state index in [9.17, 15) is 9.59 Å². The van der Waals surface area contributed by atoms with E-state index in [0.29, 0.717) is 17.3 Å². The van der Waals surface area contributed by atoms with E-state index in [2.05, 4.69) is 15.5 Å². The maximum atomic E-state index is 12.0. The minimum atomic E-state index is -0.294. The number of nitrogens with zero attached hydrogens (tertiary/aromatic N) is 3. The zero-order valence-corrected chi connectivity index (χ0v) is 14.5. The van der Waals surface area contributed by atoms with Crippen molar-refractivity contribution in [2.75, 3.05) is 5.32 Å². The van der Waals surface area contributed by atoms with Gasteiger partial charge in [0.2, 0.25) is 5.91 Å². The number of benzene rings is 1. The Bertz CT molecular complexity index is 969. The number of aromatic nitrogens is 3. The van der Waals surface area contributed by atoms with Crippen LogP contribution >= 0.6 is 0 Å². The van der Waals surface area contributed by atoms with E-state index in [-0.39, 0.29) is 18.2 Å². The lowest BCUT2D eigenvalue weighted by Gasteiger charge is -1.99. The van der Waals surface area contributed by atoms with E-state index in [1.54, 1.807) is 18.2 Å². The largest absolute Gasteiger partial charge is 0.456 e.